The van der Waals surface area contributed by atoms with Gasteiger partial charge in [-0.05, 0) is 44.5 Å². The number of aryl methyl sites for hydroxylation is 2. The van der Waals surface area contributed by atoms with Gasteiger partial charge >= 0.3 is 5.97 Å². The highest BCUT2D eigenvalue weighted by Gasteiger charge is 2.17. The predicted octanol–water partition coefficient (Wildman–Crippen LogP) is 3.89. The molecule has 0 aliphatic heterocycles. The lowest BCUT2D eigenvalue weighted by Gasteiger charge is -2.09. The number of benzene rings is 1. The molecule has 0 spiro atoms. The van der Waals surface area contributed by atoms with Gasteiger partial charge in [-0.2, -0.15) is 0 Å². The summed E-state index contributed by atoms with van der Waals surface area (Å²) in [6, 6.07) is 12.2. The van der Waals surface area contributed by atoms with Crippen LogP contribution < -0.4 is 0 Å². The van der Waals surface area contributed by atoms with E-state index in [1.807, 2.05) is 32.0 Å². The van der Waals surface area contributed by atoms with Gasteiger partial charge in [0.15, 0.2) is 0 Å². The molecule has 0 bridgehead atoms. The van der Waals surface area contributed by atoms with Crippen LogP contribution in [-0.4, -0.2) is 17.0 Å². The Labute approximate surface area is 117 Å². The van der Waals surface area contributed by atoms with Crippen molar-refractivity contribution in [3.63, 3.8) is 0 Å². The van der Waals surface area contributed by atoms with E-state index in [0.29, 0.717) is 12.2 Å². The number of hydrogen-bond donors (Lipinski definition) is 0. The van der Waals surface area contributed by atoms with Crippen molar-refractivity contribution in [3.05, 3.63) is 53.2 Å². The zero-order valence-electron chi connectivity index (χ0n) is 11.9. The van der Waals surface area contributed by atoms with Crippen molar-refractivity contribution < 1.29 is 9.53 Å². The summed E-state index contributed by atoms with van der Waals surface area (Å²) < 4.78 is 7.27. The summed E-state index contributed by atoms with van der Waals surface area (Å²) in [7, 11) is 0. The van der Waals surface area contributed by atoms with Crippen LogP contribution >= 0.6 is 0 Å². The van der Waals surface area contributed by atoms with Crippen LogP contribution in [0.3, 0.4) is 0 Å². The van der Waals surface area contributed by atoms with Crippen LogP contribution in [0.1, 0.15) is 28.5 Å². The summed E-state index contributed by atoms with van der Waals surface area (Å²) >= 11 is 0. The van der Waals surface area contributed by atoms with Crippen LogP contribution in [0.4, 0.5) is 0 Å². The minimum atomic E-state index is -0.257. The Morgan fingerprint density at radius 3 is 2.65 bits per heavy atom. The molecule has 20 heavy (non-hydrogen) atoms. The average Bonchev–Trinajstić information content (AvgIpc) is 2.77. The van der Waals surface area contributed by atoms with Gasteiger partial charge in [-0.3, -0.25) is 0 Å². The van der Waals surface area contributed by atoms with Crippen molar-refractivity contribution >= 4 is 22.4 Å². The number of fused-ring (bicyclic) bond motifs is 3. The first-order valence-electron chi connectivity index (χ1n) is 6.81. The van der Waals surface area contributed by atoms with Crippen molar-refractivity contribution in [2.45, 2.75) is 20.8 Å². The van der Waals surface area contributed by atoms with Gasteiger partial charge in [0.1, 0.15) is 0 Å². The first kappa shape index (κ1) is 12.7. The molecule has 3 heteroatoms. The van der Waals surface area contributed by atoms with E-state index in [1.54, 1.807) is 0 Å². The average molecular weight is 267 g/mol. The van der Waals surface area contributed by atoms with Crippen molar-refractivity contribution in [2.24, 2.45) is 0 Å². The van der Waals surface area contributed by atoms with Crippen molar-refractivity contribution in [1.29, 1.82) is 0 Å². The second-order valence-corrected chi connectivity index (χ2v) is 4.99. The summed E-state index contributed by atoms with van der Waals surface area (Å²) in [6.45, 7) is 6.29. The Morgan fingerprint density at radius 2 is 1.90 bits per heavy atom. The molecule has 3 nitrogen and oxygen atoms in total. The van der Waals surface area contributed by atoms with Crippen molar-refractivity contribution in [1.82, 2.24) is 4.40 Å². The van der Waals surface area contributed by atoms with E-state index in [0.717, 1.165) is 22.3 Å². The Hall–Kier alpha value is -2.29. The molecule has 0 saturated heterocycles. The lowest BCUT2D eigenvalue weighted by Crippen LogP contribution is -2.04. The summed E-state index contributed by atoms with van der Waals surface area (Å²) in [6.07, 6.45) is 0. The number of aromatic nitrogens is 1. The molecule has 3 rings (SSSR count). The first-order chi connectivity index (χ1) is 9.63. The molecule has 2 heterocycles. The number of carbonyl (C=O) groups excluding carboxylic acids is 1. The summed E-state index contributed by atoms with van der Waals surface area (Å²) in [5.74, 6) is -0.257. The quantitative estimate of drug-likeness (QED) is 0.659. The van der Waals surface area contributed by atoms with Gasteiger partial charge in [0.05, 0.1) is 23.2 Å². The zero-order chi connectivity index (χ0) is 14.3. The number of hydrogen-bond acceptors (Lipinski definition) is 2. The Morgan fingerprint density at radius 1 is 1.15 bits per heavy atom. The van der Waals surface area contributed by atoms with Gasteiger partial charge in [0.25, 0.3) is 0 Å². The number of esters is 1. The fraction of sp³-hybridized carbons (Fsp3) is 0.235. The third kappa shape index (κ3) is 1.78. The predicted molar refractivity (Wildman–Crippen MR) is 80.3 cm³/mol. The Kier molecular flexibility index (Phi) is 2.97. The monoisotopic (exact) mass is 267 g/mol. The van der Waals surface area contributed by atoms with Crippen LogP contribution in [-0.2, 0) is 4.74 Å². The molecule has 0 amide bonds. The van der Waals surface area contributed by atoms with E-state index < -0.39 is 0 Å². The summed E-state index contributed by atoms with van der Waals surface area (Å²) in [5, 5.41) is 1.20. The van der Waals surface area contributed by atoms with Crippen LogP contribution in [0, 0.1) is 13.8 Å². The van der Waals surface area contributed by atoms with Crippen molar-refractivity contribution in [3.8, 4) is 0 Å². The molecule has 0 aliphatic carbocycles. The number of para-hydroxylation sites is 1. The SMILES string of the molecule is CCOC(=O)c1cc(C)n2c1cc(C)c1ccccc12. The van der Waals surface area contributed by atoms with Crippen molar-refractivity contribution in [2.75, 3.05) is 6.61 Å². The van der Waals surface area contributed by atoms with Gasteiger partial charge in [0, 0.05) is 11.1 Å². The zero-order valence-corrected chi connectivity index (χ0v) is 11.9. The van der Waals surface area contributed by atoms with Gasteiger partial charge in [-0.15, -0.1) is 0 Å². The Balaban J connectivity index is 2.40. The highest BCUT2D eigenvalue weighted by atomic mass is 16.5. The third-order valence-electron chi connectivity index (χ3n) is 3.64. The summed E-state index contributed by atoms with van der Waals surface area (Å²) in [4.78, 5) is 12.1. The van der Waals surface area contributed by atoms with E-state index in [4.69, 9.17) is 4.74 Å². The highest BCUT2D eigenvalue weighted by molar-refractivity contribution is 6.00. The second kappa shape index (κ2) is 4.67. The molecule has 0 aliphatic rings. The number of ether oxygens (including phenoxy) is 1. The fourth-order valence-corrected chi connectivity index (χ4v) is 2.78. The van der Waals surface area contributed by atoms with Crippen LogP contribution in [0.2, 0.25) is 0 Å². The largest absolute Gasteiger partial charge is 0.462 e. The van der Waals surface area contributed by atoms with Gasteiger partial charge < -0.3 is 9.14 Å². The second-order valence-electron chi connectivity index (χ2n) is 4.99. The van der Waals surface area contributed by atoms with E-state index in [2.05, 4.69) is 29.5 Å². The number of pyridine rings is 1. The fourth-order valence-electron chi connectivity index (χ4n) is 2.78. The number of nitrogens with zero attached hydrogens (tertiary/aromatic N) is 1. The molecular weight excluding hydrogens is 250 g/mol. The van der Waals surface area contributed by atoms with Gasteiger partial charge in [0.2, 0.25) is 0 Å². The lowest BCUT2D eigenvalue weighted by atomic mass is 10.1. The number of rotatable bonds is 2. The molecule has 0 fully saturated rings. The molecule has 0 saturated carbocycles. The number of carbonyl (C=O) groups is 1. The van der Waals surface area contributed by atoms with E-state index in [1.165, 1.54) is 5.39 Å². The normalized spacial score (nSPS) is 11.2. The molecule has 0 atom stereocenters. The molecule has 1 aromatic carbocycles. The summed E-state index contributed by atoms with van der Waals surface area (Å²) in [5.41, 5.74) is 4.88. The smallest absolute Gasteiger partial charge is 0.340 e. The van der Waals surface area contributed by atoms with Crippen LogP contribution in [0.5, 0.6) is 0 Å². The molecule has 0 radical (unpaired) electrons. The first-order valence-corrected chi connectivity index (χ1v) is 6.81. The lowest BCUT2D eigenvalue weighted by molar-refractivity contribution is 0.0529. The Bertz CT molecular complexity index is 815. The maximum Gasteiger partial charge on any atom is 0.340 e. The minimum absolute atomic E-state index is 0.257. The maximum atomic E-state index is 12.1. The molecule has 102 valence electrons. The molecular formula is C17H17NO2. The van der Waals surface area contributed by atoms with Crippen LogP contribution in [0.25, 0.3) is 16.4 Å². The maximum absolute atomic E-state index is 12.1. The van der Waals surface area contributed by atoms with Gasteiger partial charge in [-0.1, -0.05) is 18.2 Å². The molecule has 0 N–H and O–H groups in total. The molecule has 0 unspecified atom stereocenters. The van der Waals surface area contributed by atoms with Crippen LogP contribution in [0.15, 0.2) is 36.4 Å². The van der Waals surface area contributed by atoms with E-state index in [-0.39, 0.29) is 5.97 Å². The van der Waals surface area contributed by atoms with E-state index >= 15 is 0 Å². The standard InChI is InChI=1S/C17H17NO2/c1-4-20-17(19)14-10-12(3)18-15-8-6-5-7-13(15)11(2)9-16(14)18/h5-10H,4H2,1-3H3. The van der Waals surface area contributed by atoms with E-state index in [9.17, 15) is 4.79 Å². The molecule has 3 aromatic rings. The van der Waals surface area contributed by atoms with Gasteiger partial charge in [-0.25, -0.2) is 4.79 Å². The topological polar surface area (TPSA) is 30.7 Å². The highest BCUT2D eigenvalue weighted by Crippen LogP contribution is 2.27. The minimum Gasteiger partial charge on any atom is -0.462 e. The molecule has 2 aromatic heterocycles. The third-order valence-corrected chi connectivity index (χ3v) is 3.64.